The van der Waals surface area contributed by atoms with E-state index >= 15 is 0 Å². The lowest BCUT2D eigenvalue weighted by molar-refractivity contribution is -0.119. The van der Waals surface area contributed by atoms with E-state index in [2.05, 4.69) is 12.2 Å². The van der Waals surface area contributed by atoms with Crippen molar-refractivity contribution in [1.82, 2.24) is 5.32 Å². The summed E-state index contributed by atoms with van der Waals surface area (Å²) in [5.74, 6) is 0.729. The fraction of sp³-hybridized carbons (Fsp3) is 0.467. The van der Waals surface area contributed by atoms with Crippen LogP contribution in [0.1, 0.15) is 36.7 Å². The maximum Gasteiger partial charge on any atom is 0.230 e. The molecule has 0 saturated heterocycles. The van der Waals surface area contributed by atoms with Crippen LogP contribution in [0.2, 0.25) is 0 Å². The second-order valence-corrected chi connectivity index (χ2v) is 5.67. The predicted octanol–water partition coefficient (Wildman–Crippen LogP) is 2.69. The summed E-state index contributed by atoms with van der Waals surface area (Å²) in [6, 6.07) is 7.81. The number of carbonyl (C=O) groups excluding carboxylic acids is 2. The first-order chi connectivity index (χ1) is 9.02. The van der Waals surface area contributed by atoms with Gasteiger partial charge in [0, 0.05) is 11.6 Å². The van der Waals surface area contributed by atoms with Gasteiger partial charge in [-0.15, -0.1) is 11.8 Å². The lowest BCUT2D eigenvalue weighted by Gasteiger charge is -2.07. The number of hydrogen-bond acceptors (Lipinski definition) is 3. The van der Waals surface area contributed by atoms with E-state index in [-0.39, 0.29) is 17.7 Å². The Bertz CT molecular complexity index is 426. The van der Waals surface area contributed by atoms with Crippen LogP contribution in [0.4, 0.5) is 0 Å². The fourth-order valence-electron chi connectivity index (χ4n) is 1.61. The van der Waals surface area contributed by atoms with Crippen molar-refractivity contribution in [3.8, 4) is 0 Å². The zero-order valence-electron chi connectivity index (χ0n) is 11.7. The van der Waals surface area contributed by atoms with Crippen molar-refractivity contribution in [2.45, 2.75) is 33.2 Å². The molecule has 3 nitrogen and oxygen atoms in total. The molecule has 0 bridgehead atoms. The Morgan fingerprint density at radius 2 is 1.79 bits per heavy atom. The first kappa shape index (κ1) is 15.8. The van der Waals surface area contributed by atoms with Gasteiger partial charge in [-0.25, -0.2) is 0 Å². The highest BCUT2D eigenvalue weighted by Gasteiger charge is 2.08. The first-order valence-electron chi connectivity index (χ1n) is 6.52. The monoisotopic (exact) mass is 279 g/mol. The van der Waals surface area contributed by atoms with Gasteiger partial charge in [-0.05, 0) is 25.8 Å². The number of Topliss-reactive ketones (excluding diaryl/α,β-unsaturated/α-hetero) is 1. The van der Waals surface area contributed by atoms with Crippen molar-refractivity contribution in [3.05, 3.63) is 35.4 Å². The molecule has 1 rings (SSSR count). The SMILES string of the molecule is CCc1ccc(C(=O)CSCC(=O)NC(C)C)cc1. The second kappa shape index (κ2) is 8.00. The van der Waals surface area contributed by atoms with E-state index in [4.69, 9.17) is 0 Å². The Morgan fingerprint density at radius 1 is 1.16 bits per heavy atom. The molecule has 4 heteroatoms. The third-order valence-corrected chi connectivity index (χ3v) is 3.53. The van der Waals surface area contributed by atoms with Crippen LogP contribution in [0.25, 0.3) is 0 Å². The molecular formula is C15H21NO2S. The van der Waals surface area contributed by atoms with Gasteiger partial charge >= 0.3 is 0 Å². The second-order valence-electron chi connectivity index (χ2n) is 4.69. The minimum absolute atomic E-state index is 0.0193. The van der Waals surface area contributed by atoms with E-state index < -0.39 is 0 Å². The number of ketones is 1. The van der Waals surface area contributed by atoms with Crippen LogP contribution < -0.4 is 5.32 Å². The summed E-state index contributed by atoms with van der Waals surface area (Å²) in [6.45, 7) is 5.92. The van der Waals surface area contributed by atoms with Gasteiger partial charge in [-0.3, -0.25) is 9.59 Å². The number of amides is 1. The molecule has 0 aliphatic rings. The number of aryl methyl sites for hydroxylation is 1. The zero-order chi connectivity index (χ0) is 14.3. The molecule has 1 aromatic carbocycles. The summed E-state index contributed by atoms with van der Waals surface area (Å²) in [5.41, 5.74) is 1.94. The Morgan fingerprint density at radius 3 is 2.32 bits per heavy atom. The summed E-state index contributed by atoms with van der Waals surface area (Å²) in [5, 5.41) is 2.80. The molecule has 0 aliphatic carbocycles. The first-order valence-corrected chi connectivity index (χ1v) is 7.67. The summed E-state index contributed by atoms with van der Waals surface area (Å²) >= 11 is 1.35. The van der Waals surface area contributed by atoms with Gasteiger partial charge in [0.25, 0.3) is 0 Å². The minimum atomic E-state index is -0.0193. The van der Waals surface area contributed by atoms with Crippen LogP contribution in [0.15, 0.2) is 24.3 Å². The highest BCUT2D eigenvalue weighted by atomic mass is 32.2. The van der Waals surface area contributed by atoms with E-state index in [0.717, 1.165) is 6.42 Å². The zero-order valence-corrected chi connectivity index (χ0v) is 12.5. The van der Waals surface area contributed by atoms with Crippen molar-refractivity contribution in [1.29, 1.82) is 0 Å². The summed E-state index contributed by atoms with van der Waals surface area (Å²) < 4.78 is 0. The normalized spacial score (nSPS) is 10.5. The molecular weight excluding hydrogens is 258 g/mol. The number of nitrogens with one attached hydrogen (secondary N) is 1. The van der Waals surface area contributed by atoms with Crippen molar-refractivity contribution >= 4 is 23.5 Å². The van der Waals surface area contributed by atoms with Gasteiger partial charge in [0.05, 0.1) is 11.5 Å². The summed E-state index contributed by atoms with van der Waals surface area (Å²) in [4.78, 5) is 23.3. The molecule has 1 amide bonds. The van der Waals surface area contributed by atoms with Gasteiger partial charge in [0.1, 0.15) is 0 Å². The Balaban J connectivity index is 2.36. The molecule has 0 atom stereocenters. The molecule has 19 heavy (non-hydrogen) atoms. The average Bonchev–Trinajstić information content (AvgIpc) is 2.37. The molecule has 0 heterocycles. The van der Waals surface area contributed by atoms with Crippen LogP contribution in [0.3, 0.4) is 0 Å². The molecule has 0 aliphatic heterocycles. The van der Waals surface area contributed by atoms with Crippen LogP contribution in [-0.2, 0) is 11.2 Å². The van der Waals surface area contributed by atoms with Gasteiger partial charge in [0.15, 0.2) is 5.78 Å². The number of benzene rings is 1. The smallest absolute Gasteiger partial charge is 0.230 e. The maximum absolute atomic E-state index is 11.9. The van der Waals surface area contributed by atoms with Gasteiger partial charge in [0.2, 0.25) is 5.91 Å². The Kier molecular flexibility index (Phi) is 6.64. The van der Waals surface area contributed by atoms with Crippen LogP contribution in [0, 0.1) is 0 Å². The van der Waals surface area contributed by atoms with Crippen molar-refractivity contribution in [2.24, 2.45) is 0 Å². The average molecular weight is 279 g/mol. The molecule has 0 aromatic heterocycles. The molecule has 0 unspecified atom stereocenters. The number of carbonyl (C=O) groups is 2. The Hall–Kier alpha value is -1.29. The molecule has 104 valence electrons. The van der Waals surface area contributed by atoms with Crippen molar-refractivity contribution in [2.75, 3.05) is 11.5 Å². The standard InChI is InChI=1S/C15H21NO2S/c1-4-12-5-7-13(8-6-12)14(17)9-19-10-15(18)16-11(2)3/h5-8,11H,4,9-10H2,1-3H3,(H,16,18). The number of hydrogen-bond donors (Lipinski definition) is 1. The quantitative estimate of drug-likeness (QED) is 0.781. The highest BCUT2D eigenvalue weighted by molar-refractivity contribution is 8.00. The summed E-state index contributed by atoms with van der Waals surface area (Å²) in [6.07, 6.45) is 0.971. The fourth-order valence-corrected chi connectivity index (χ4v) is 2.33. The summed E-state index contributed by atoms with van der Waals surface area (Å²) in [7, 11) is 0. The number of thioether (sulfide) groups is 1. The van der Waals surface area contributed by atoms with Gasteiger partial charge in [-0.2, -0.15) is 0 Å². The number of rotatable bonds is 7. The lowest BCUT2D eigenvalue weighted by Crippen LogP contribution is -2.31. The molecule has 0 fully saturated rings. The molecule has 0 saturated carbocycles. The van der Waals surface area contributed by atoms with Crippen molar-refractivity contribution < 1.29 is 9.59 Å². The van der Waals surface area contributed by atoms with E-state index in [1.54, 1.807) is 0 Å². The van der Waals surface area contributed by atoms with E-state index in [1.165, 1.54) is 17.3 Å². The Labute approximate surface area is 119 Å². The maximum atomic E-state index is 11.9. The van der Waals surface area contributed by atoms with Crippen molar-refractivity contribution in [3.63, 3.8) is 0 Å². The molecule has 0 spiro atoms. The van der Waals surface area contributed by atoms with Gasteiger partial charge in [-0.1, -0.05) is 31.2 Å². The third kappa shape index (κ3) is 5.92. The van der Waals surface area contributed by atoms with E-state index in [0.29, 0.717) is 17.1 Å². The molecule has 1 N–H and O–H groups in total. The van der Waals surface area contributed by atoms with Gasteiger partial charge < -0.3 is 5.32 Å². The van der Waals surface area contributed by atoms with Crippen LogP contribution in [-0.4, -0.2) is 29.2 Å². The predicted molar refractivity (Wildman–Crippen MR) is 80.8 cm³/mol. The third-order valence-electron chi connectivity index (χ3n) is 2.60. The topological polar surface area (TPSA) is 46.2 Å². The molecule has 0 radical (unpaired) electrons. The largest absolute Gasteiger partial charge is 0.353 e. The van der Waals surface area contributed by atoms with E-state index in [1.807, 2.05) is 38.1 Å². The van der Waals surface area contributed by atoms with Crippen LogP contribution in [0.5, 0.6) is 0 Å². The lowest BCUT2D eigenvalue weighted by atomic mass is 10.1. The molecule has 1 aromatic rings. The van der Waals surface area contributed by atoms with Crippen LogP contribution >= 0.6 is 11.8 Å². The van der Waals surface area contributed by atoms with E-state index in [9.17, 15) is 9.59 Å². The minimum Gasteiger partial charge on any atom is -0.353 e. The highest BCUT2D eigenvalue weighted by Crippen LogP contribution is 2.09.